The van der Waals surface area contributed by atoms with Crippen molar-refractivity contribution in [3.8, 4) is 0 Å². The Morgan fingerprint density at radius 2 is 2.29 bits per heavy atom. The average molecular weight is 194 g/mol. The largest absolute Gasteiger partial charge is 0.340 e. The van der Waals surface area contributed by atoms with E-state index in [2.05, 4.69) is 18.8 Å². The van der Waals surface area contributed by atoms with Crippen molar-refractivity contribution in [1.29, 1.82) is 0 Å². The number of hydrogen-bond acceptors (Lipinski definition) is 2. The number of ketones is 1. The molecule has 0 amide bonds. The molecule has 14 heavy (non-hydrogen) atoms. The Balaban J connectivity index is 2.30. The number of nitrogens with zero attached hydrogens (tertiary/aromatic N) is 2. The van der Waals surface area contributed by atoms with Gasteiger partial charge in [-0.2, -0.15) is 0 Å². The van der Waals surface area contributed by atoms with Crippen LogP contribution in [0.5, 0.6) is 0 Å². The second-order valence-electron chi connectivity index (χ2n) is 4.17. The molecule has 0 aliphatic heterocycles. The quantitative estimate of drug-likeness (QED) is 0.718. The van der Waals surface area contributed by atoms with E-state index in [-0.39, 0.29) is 0 Å². The SMILES string of the molecule is CC(C)CC(=O)CCc1cn(C)cn1. The number of imidazole rings is 1. The van der Waals surface area contributed by atoms with E-state index in [1.807, 2.05) is 17.8 Å². The fourth-order valence-electron chi connectivity index (χ4n) is 1.42. The van der Waals surface area contributed by atoms with Crippen molar-refractivity contribution in [1.82, 2.24) is 9.55 Å². The van der Waals surface area contributed by atoms with Crippen molar-refractivity contribution in [2.75, 3.05) is 0 Å². The predicted molar refractivity (Wildman–Crippen MR) is 56.0 cm³/mol. The molecule has 1 aromatic heterocycles. The fourth-order valence-corrected chi connectivity index (χ4v) is 1.42. The van der Waals surface area contributed by atoms with Gasteiger partial charge in [0.25, 0.3) is 0 Å². The average Bonchev–Trinajstić information content (AvgIpc) is 2.47. The topological polar surface area (TPSA) is 34.9 Å². The molecule has 78 valence electrons. The molecule has 0 spiro atoms. The highest BCUT2D eigenvalue weighted by Gasteiger charge is 2.06. The molecule has 0 N–H and O–H groups in total. The van der Waals surface area contributed by atoms with Crippen LogP contribution in [0.2, 0.25) is 0 Å². The normalized spacial score (nSPS) is 10.9. The third-order valence-electron chi connectivity index (χ3n) is 2.05. The van der Waals surface area contributed by atoms with Gasteiger partial charge in [-0.15, -0.1) is 0 Å². The first kappa shape index (κ1) is 11.0. The van der Waals surface area contributed by atoms with Gasteiger partial charge in [0, 0.05) is 26.1 Å². The lowest BCUT2D eigenvalue weighted by Gasteiger charge is -2.02. The molecular formula is C11H18N2O. The Kier molecular flexibility index (Phi) is 3.86. The summed E-state index contributed by atoms with van der Waals surface area (Å²) in [5.41, 5.74) is 1.00. The second kappa shape index (κ2) is 4.94. The van der Waals surface area contributed by atoms with Crippen molar-refractivity contribution in [3.63, 3.8) is 0 Å². The van der Waals surface area contributed by atoms with Crippen molar-refractivity contribution in [3.05, 3.63) is 18.2 Å². The fraction of sp³-hybridized carbons (Fsp3) is 0.636. The lowest BCUT2D eigenvalue weighted by atomic mass is 10.0. The van der Waals surface area contributed by atoms with Gasteiger partial charge < -0.3 is 4.57 Å². The molecule has 0 unspecified atom stereocenters. The minimum Gasteiger partial charge on any atom is -0.340 e. The van der Waals surface area contributed by atoms with Crippen molar-refractivity contribution < 1.29 is 4.79 Å². The molecule has 0 aliphatic rings. The standard InChI is InChI=1S/C11H18N2O/c1-9(2)6-11(14)5-4-10-7-13(3)8-12-10/h7-9H,4-6H2,1-3H3. The molecule has 3 heteroatoms. The first-order chi connectivity index (χ1) is 6.58. The van der Waals surface area contributed by atoms with Gasteiger partial charge >= 0.3 is 0 Å². The number of carbonyl (C=O) groups excluding carboxylic acids is 1. The smallest absolute Gasteiger partial charge is 0.133 e. The first-order valence-corrected chi connectivity index (χ1v) is 5.06. The zero-order valence-corrected chi connectivity index (χ0v) is 9.16. The lowest BCUT2D eigenvalue weighted by Crippen LogP contribution is -2.04. The maximum Gasteiger partial charge on any atom is 0.133 e. The van der Waals surface area contributed by atoms with Gasteiger partial charge in [0.2, 0.25) is 0 Å². The van der Waals surface area contributed by atoms with Gasteiger partial charge in [0.05, 0.1) is 12.0 Å². The molecule has 0 saturated carbocycles. The highest BCUT2D eigenvalue weighted by atomic mass is 16.1. The van der Waals surface area contributed by atoms with Crippen LogP contribution >= 0.6 is 0 Å². The third kappa shape index (κ3) is 3.73. The maximum atomic E-state index is 11.4. The number of rotatable bonds is 5. The van der Waals surface area contributed by atoms with Gasteiger partial charge in [-0.3, -0.25) is 4.79 Å². The van der Waals surface area contributed by atoms with E-state index in [1.54, 1.807) is 6.33 Å². The van der Waals surface area contributed by atoms with Crippen LogP contribution < -0.4 is 0 Å². The van der Waals surface area contributed by atoms with Crippen LogP contribution in [0.4, 0.5) is 0 Å². The summed E-state index contributed by atoms with van der Waals surface area (Å²) in [7, 11) is 1.94. The Morgan fingerprint density at radius 3 is 2.79 bits per heavy atom. The van der Waals surface area contributed by atoms with E-state index in [9.17, 15) is 4.79 Å². The van der Waals surface area contributed by atoms with Crippen LogP contribution in [0.25, 0.3) is 0 Å². The molecule has 0 aliphatic carbocycles. The molecule has 0 atom stereocenters. The van der Waals surface area contributed by atoms with Crippen LogP contribution in [-0.4, -0.2) is 15.3 Å². The van der Waals surface area contributed by atoms with E-state index in [1.165, 1.54) is 0 Å². The summed E-state index contributed by atoms with van der Waals surface area (Å²) in [6.07, 6.45) is 5.80. The van der Waals surface area contributed by atoms with E-state index in [4.69, 9.17) is 0 Å². The Hall–Kier alpha value is -1.12. The molecular weight excluding hydrogens is 176 g/mol. The van der Waals surface area contributed by atoms with Crippen molar-refractivity contribution in [2.24, 2.45) is 13.0 Å². The highest BCUT2D eigenvalue weighted by Crippen LogP contribution is 2.06. The van der Waals surface area contributed by atoms with Crippen molar-refractivity contribution in [2.45, 2.75) is 33.1 Å². The van der Waals surface area contributed by atoms with Crippen LogP contribution in [0.1, 0.15) is 32.4 Å². The number of carbonyl (C=O) groups is 1. The monoisotopic (exact) mass is 194 g/mol. The second-order valence-corrected chi connectivity index (χ2v) is 4.17. The molecule has 0 saturated heterocycles. The molecule has 0 bridgehead atoms. The maximum absolute atomic E-state index is 11.4. The zero-order valence-electron chi connectivity index (χ0n) is 9.16. The number of hydrogen-bond donors (Lipinski definition) is 0. The third-order valence-corrected chi connectivity index (χ3v) is 2.05. The van der Waals surface area contributed by atoms with Gasteiger partial charge in [0.15, 0.2) is 0 Å². The minimum atomic E-state index is 0.339. The summed E-state index contributed by atoms with van der Waals surface area (Å²) < 4.78 is 1.91. The summed E-state index contributed by atoms with van der Waals surface area (Å²) in [5, 5.41) is 0. The van der Waals surface area contributed by atoms with E-state index in [0.717, 1.165) is 12.1 Å². The Morgan fingerprint density at radius 1 is 1.57 bits per heavy atom. The summed E-state index contributed by atoms with van der Waals surface area (Å²) in [6.45, 7) is 4.14. The van der Waals surface area contributed by atoms with Crippen LogP contribution in [-0.2, 0) is 18.3 Å². The molecule has 1 heterocycles. The van der Waals surface area contributed by atoms with E-state index >= 15 is 0 Å². The number of aryl methyl sites for hydroxylation is 2. The Bertz CT molecular complexity index is 302. The summed E-state index contributed by atoms with van der Waals surface area (Å²) in [4.78, 5) is 15.6. The van der Waals surface area contributed by atoms with E-state index in [0.29, 0.717) is 24.5 Å². The van der Waals surface area contributed by atoms with Crippen LogP contribution in [0.3, 0.4) is 0 Å². The molecule has 1 aromatic rings. The van der Waals surface area contributed by atoms with Crippen LogP contribution in [0.15, 0.2) is 12.5 Å². The molecule has 1 rings (SSSR count). The summed E-state index contributed by atoms with van der Waals surface area (Å²) >= 11 is 0. The van der Waals surface area contributed by atoms with Crippen LogP contribution in [0, 0.1) is 5.92 Å². The highest BCUT2D eigenvalue weighted by molar-refractivity contribution is 5.78. The Labute approximate surface area is 85.2 Å². The van der Waals surface area contributed by atoms with Gasteiger partial charge in [0.1, 0.15) is 5.78 Å². The molecule has 0 radical (unpaired) electrons. The predicted octanol–water partition coefficient (Wildman–Crippen LogP) is 1.97. The molecule has 0 fully saturated rings. The first-order valence-electron chi connectivity index (χ1n) is 5.06. The molecule has 0 aromatic carbocycles. The summed E-state index contributed by atoms with van der Waals surface area (Å²) in [5.74, 6) is 0.803. The number of Topliss-reactive ketones (excluding diaryl/α,β-unsaturated/α-hetero) is 1. The van der Waals surface area contributed by atoms with Gasteiger partial charge in [-0.05, 0) is 12.3 Å². The number of aromatic nitrogens is 2. The minimum absolute atomic E-state index is 0.339. The van der Waals surface area contributed by atoms with Gasteiger partial charge in [-0.1, -0.05) is 13.8 Å². The molecule has 3 nitrogen and oxygen atoms in total. The summed E-state index contributed by atoms with van der Waals surface area (Å²) in [6, 6.07) is 0. The van der Waals surface area contributed by atoms with Gasteiger partial charge in [-0.25, -0.2) is 4.98 Å². The van der Waals surface area contributed by atoms with Crippen molar-refractivity contribution >= 4 is 5.78 Å². The lowest BCUT2D eigenvalue weighted by molar-refractivity contribution is -0.119. The zero-order chi connectivity index (χ0) is 10.6. The van der Waals surface area contributed by atoms with E-state index < -0.39 is 0 Å².